The van der Waals surface area contributed by atoms with Crippen LogP contribution in [0.25, 0.3) is 0 Å². The molecule has 0 saturated carbocycles. The second-order valence-corrected chi connectivity index (χ2v) is 6.20. The number of carbonyl (C=O) groups is 1. The fourth-order valence-electron chi connectivity index (χ4n) is 3.83. The summed E-state index contributed by atoms with van der Waals surface area (Å²) in [7, 11) is 5.50. The molecule has 1 aromatic heterocycles. The second kappa shape index (κ2) is 5.33. The van der Waals surface area contributed by atoms with Crippen LogP contribution in [0.2, 0.25) is 0 Å². The van der Waals surface area contributed by atoms with Gasteiger partial charge in [-0.15, -0.1) is 0 Å². The number of hydrogen-bond acceptors (Lipinski definition) is 4. The number of carbonyl (C=O) groups excluding carboxylic acids is 1. The molecule has 116 valence electrons. The molecule has 1 amide bonds. The number of ether oxygens (including phenoxy) is 1. The Labute approximate surface area is 125 Å². The summed E-state index contributed by atoms with van der Waals surface area (Å²) in [6.45, 7) is 4.71. The van der Waals surface area contributed by atoms with E-state index < -0.39 is 0 Å². The van der Waals surface area contributed by atoms with Gasteiger partial charge in [-0.2, -0.15) is 5.10 Å². The van der Waals surface area contributed by atoms with E-state index >= 15 is 0 Å². The highest BCUT2D eigenvalue weighted by Crippen LogP contribution is 2.33. The number of likely N-dealkylation sites (N-methyl/N-ethyl adjacent to an activating group) is 1. The van der Waals surface area contributed by atoms with E-state index in [9.17, 15) is 4.79 Å². The van der Waals surface area contributed by atoms with Crippen molar-refractivity contribution in [2.45, 2.75) is 32.4 Å². The van der Waals surface area contributed by atoms with Crippen LogP contribution in [0.15, 0.2) is 0 Å². The number of likely N-dealkylation sites (tertiary alicyclic amines) is 2. The number of fused-ring (bicyclic) bond motifs is 1. The predicted molar refractivity (Wildman–Crippen MR) is 79.1 cm³/mol. The monoisotopic (exact) mass is 292 g/mol. The van der Waals surface area contributed by atoms with E-state index in [0.29, 0.717) is 11.9 Å². The Morgan fingerprint density at radius 1 is 1.38 bits per heavy atom. The van der Waals surface area contributed by atoms with E-state index in [2.05, 4.69) is 10.00 Å². The van der Waals surface area contributed by atoms with E-state index in [-0.39, 0.29) is 5.92 Å². The Balaban J connectivity index is 1.83. The topological polar surface area (TPSA) is 50.6 Å². The van der Waals surface area contributed by atoms with Crippen molar-refractivity contribution in [1.82, 2.24) is 19.6 Å². The lowest BCUT2D eigenvalue weighted by atomic mass is 9.91. The van der Waals surface area contributed by atoms with Crippen molar-refractivity contribution in [3.63, 3.8) is 0 Å². The average molecular weight is 292 g/mol. The van der Waals surface area contributed by atoms with Gasteiger partial charge in [0.25, 0.3) is 0 Å². The fraction of sp³-hybridized carbons (Fsp3) is 0.733. The molecule has 0 aromatic carbocycles. The zero-order valence-electron chi connectivity index (χ0n) is 13.3. The molecule has 1 aromatic rings. The van der Waals surface area contributed by atoms with Gasteiger partial charge in [0.05, 0.1) is 24.3 Å². The Morgan fingerprint density at radius 2 is 2.14 bits per heavy atom. The fourth-order valence-corrected chi connectivity index (χ4v) is 3.83. The number of nitrogens with zero attached hydrogens (tertiary/aromatic N) is 4. The molecule has 0 radical (unpaired) electrons. The molecule has 6 heteroatoms. The van der Waals surface area contributed by atoms with Crippen molar-refractivity contribution < 1.29 is 9.53 Å². The van der Waals surface area contributed by atoms with E-state index in [1.165, 1.54) is 0 Å². The normalized spacial score (nSPS) is 26.3. The first kappa shape index (κ1) is 14.4. The van der Waals surface area contributed by atoms with Gasteiger partial charge in [-0.25, -0.2) is 4.68 Å². The molecule has 6 nitrogen and oxygen atoms in total. The zero-order valence-corrected chi connectivity index (χ0v) is 13.3. The number of methoxy groups -OCH3 is 1. The number of piperidine rings is 1. The highest BCUT2D eigenvalue weighted by molar-refractivity contribution is 5.82. The summed E-state index contributed by atoms with van der Waals surface area (Å²) < 4.78 is 7.28. The van der Waals surface area contributed by atoms with Crippen molar-refractivity contribution in [3.05, 3.63) is 11.3 Å². The Bertz CT molecular complexity index is 554. The lowest BCUT2D eigenvalue weighted by molar-refractivity contribution is -0.130. The zero-order chi connectivity index (χ0) is 15.1. The van der Waals surface area contributed by atoms with Crippen LogP contribution in [0.4, 0.5) is 0 Å². The summed E-state index contributed by atoms with van der Waals surface area (Å²) in [5, 5.41) is 4.45. The number of amides is 1. The number of hydrogen-bond donors (Lipinski definition) is 0. The van der Waals surface area contributed by atoms with Crippen molar-refractivity contribution in [2.24, 2.45) is 13.0 Å². The van der Waals surface area contributed by atoms with E-state index in [1.807, 2.05) is 25.9 Å². The number of rotatable bonds is 3. The quantitative estimate of drug-likeness (QED) is 0.826. The molecule has 2 atom stereocenters. The Hall–Kier alpha value is -1.56. The van der Waals surface area contributed by atoms with Gasteiger partial charge in [0.15, 0.2) is 0 Å². The van der Waals surface area contributed by atoms with Crippen LogP contribution in [0.3, 0.4) is 0 Å². The molecule has 2 fully saturated rings. The molecule has 0 aliphatic carbocycles. The molecular weight excluding hydrogens is 268 g/mol. The summed E-state index contributed by atoms with van der Waals surface area (Å²) >= 11 is 0. The van der Waals surface area contributed by atoms with Gasteiger partial charge in [-0.3, -0.25) is 9.69 Å². The smallest absolute Gasteiger partial charge is 0.227 e. The van der Waals surface area contributed by atoms with Crippen molar-refractivity contribution >= 4 is 5.91 Å². The molecule has 0 bridgehead atoms. The standard InChI is InChI=1S/C15H24N4O2/c1-10-12(15(21-4)18(3)16-10)8-19-7-5-6-11-13(19)9-17(2)14(11)20/h11,13H,5-9H2,1-4H3/t11-,13-/m1/s1. The first-order chi connectivity index (χ1) is 10.0. The largest absolute Gasteiger partial charge is 0.481 e. The summed E-state index contributed by atoms with van der Waals surface area (Å²) in [5.41, 5.74) is 2.15. The summed E-state index contributed by atoms with van der Waals surface area (Å²) in [4.78, 5) is 16.5. The molecule has 3 rings (SSSR count). The first-order valence-electron chi connectivity index (χ1n) is 7.58. The minimum atomic E-state index is 0.173. The third-order valence-corrected chi connectivity index (χ3v) is 4.89. The van der Waals surface area contributed by atoms with Gasteiger partial charge in [-0.05, 0) is 26.3 Å². The minimum Gasteiger partial charge on any atom is -0.481 e. The van der Waals surface area contributed by atoms with Crippen LogP contribution in [-0.2, 0) is 18.4 Å². The minimum absolute atomic E-state index is 0.173. The van der Waals surface area contributed by atoms with Crippen molar-refractivity contribution in [3.8, 4) is 5.88 Å². The lowest BCUT2D eigenvalue weighted by Crippen LogP contribution is -2.45. The summed E-state index contributed by atoms with van der Waals surface area (Å²) in [5.74, 6) is 1.30. The van der Waals surface area contributed by atoms with E-state index in [4.69, 9.17) is 4.74 Å². The molecule has 2 aliphatic rings. The van der Waals surface area contributed by atoms with Gasteiger partial charge >= 0.3 is 0 Å². The third-order valence-electron chi connectivity index (χ3n) is 4.89. The highest BCUT2D eigenvalue weighted by Gasteiger charge is 2.43. The van der Waals surface area contributed by atoms with Gasteiger partial charge in [0.1, 0.15) is 0 Å². The molecule has 3 heterocycles. The maximum Gasteiger partial charge on any atom is 0.227 e. The third kappa shape index (κ3) is 2.31. The van der Waals surface area contributed by atoms with E-state index in [0.717, 1.165) is 49.6 Å². The highest BCUT2D eigenvalue weighted by atomic mass is 16.5. The van der Waals surface area contributed by atoms with Crippen LogP contribution in [0, 0.1) is 12.8 Å². The average Bonchev–Trinajstić information content (AvgIpc) is 2.89. The molecule has 0 N–H and O–H groups in total. The first-order valence-corrected chi connectivity index (χ1v) is 7.58. The van der Waals surface area contributed by atoms with E-state index in [1.54, 1.807) is 11.8 Å². The van der Waals surface area contributed by atoms with Crippen LogP contribution in [0.1, 0.15) is 24.1 Å². The Kier molecular flexibility index (Phi) is 3.65. The van der Waals surface area contributed by atoms with Crippen LogP contribution >= 0.6 is 0 Å². The van der Waals surface area contributed by atoms with Gasteiger partial charge in [0, 0.05) is 33.2 Å². The molecule has 2 aliphatic heterocycles. The molecular formula is C15H24N4O2. The van der Waals surface area contributed by atoms with Gasteiger partial charge in [-0.1, -0.05) is 0 Å². The molecule has 2 saturated heterocycles. The predicted octanol–water partition coefficient (Wildman–Crippen LogP) is 0.790. The summed E-state index contributed by atoms with van der Waals surface area (Å²) in [6, 6.07) is 0.334. The SMILES string of the molecule is COc1c(CN2CCC[C@H]3C(=O)N(C)C[C@H]32)c(C)nn1C. The Morgan fingerprint density at radius 3 is 2.86 bits per heavy atom. The molecule has 0 spiro atoms. The van der Waals surface area contributed by atoms with Crippen LogP contribution in [0.5, 0.6) is 5.88 Å². The van der Waals surface area contributed by atoms with Gasteiger partial charge in [0.2, 0.25) is 11.8 Å². The molecule has 21 heavy (non-hydrogen) atoms. The number of aryl methyl sites for hydroxylation is 2. The molecule has 0 unspecified atom stereocenters. The maximum absolute atomic E-state index is 12.2. The number of aromatic nitrogens is 2. The van der Waals surface area contributed by atoms with Gasteiger partial charge < -0.3 is 9.64 Å². The maximum atomic E-state index is 12.2. The lowest BCUT2D eigenvalue weighted by Gasteiger charge is -2.35. The second-order valence-electron chi connectivity index (χ2n) is 6.20. The summed E-state index contributed by atoms with van der Waals surface area (Å²) in [6.07, 6.45) is 2.11. The van der Waals surface area contributed by atoms with Crippen LogP contribution in [-0.4, -0.2) is 58.8 Å². The van der Waals surface area contributed by atoms with Crippen molar-refractivity contribution in [1.29, 1.82) is 0 Å². The van der Waals surface area contributed by atoms with Crippen molar-refractivity contribution in [2.75, 3.05) is 27.2 Å². The van der Waals surface area contributed by atoms with Crippen LogP contribution < -0.4 is 4.74 Å².